The average molecular weight is 248 g/mol. The van der Waals surface area contributed by atoms with Crippen LogP contribution in [0.5, 0.6) is 0 Å². The normalized spacial score (nSPS) is 17.4. The maximum atomic E-state index is 5.56. The molecule has 2 aromatic heterocycles. The minimum Gasteiger partial charge on any atom is -0.308 e. The first-order valence-electron chi connectivity index (χ1n) is 5.94. The zero-order valence-electron chi connectivity index (χ0n) is 10.1. The fourth-order valence-electron chi connectivity index (χ4n) is 1.94. The summed E-state index contributed by atoms with van der Waals surface area (Å²) in [6.07, 6.45) is 3.38. The van der Waals surface area contributed by atoms with Gasteiger partial charge in [-0.25, -0.2) is 15.8 Å². The van der Waals surface area contributed by atoms with Gasteiger partial charge in [0.1, 0.15) is 10.7 Å². The third-order valence-electron chi connectivity index (χ3n) is 3.47. The summed E-state index contributed by atoms with van der Waals surface area (Å²) in [5.74, 6) is 7.25. The quantitative estimate of drug-likeness (QED) is 0.647. The van der Waals surface area contributed by atoms with Crippen molar-refractivity contribution in [3.8, 4) is 0 Å². The van der Waals surface area contributed by atoms with Crippen molar-refractivity contribution in [1.29, 1.82) is 0 Å². The fourth-order valence-corrected chi connectivity index (χ4v) is 2.90. The highest BCUT2D eigenvalue weighted by atomic mass is 32.1. The number of thiophene rings is 1. The minimum atomic E-state index is 0.177. The Morgan fingerprint density at radius 3 is 2.82 bits per heavy atom. The maximum absolute atomic E-state index is 5.56. The highest BCUT2D eigenvalue weighted by Gasteiger charge is 2.42. The zero-order chi connectivity index (χ0) is 12.0. The van der Waals surface area contributed by atoms with Crippen molar-refractivity contribution in [2.24, 2.45) is 5.84 Å². The van der Waals surface area contributed by atoms with Crippen molar-refractivity contribution < 1.29 is 0 Å². The van der Waals surface area contributed by atoms with Gasteiger partial charge in [-0.05, 0) is 25.3 Å². The molecule has 1 fully saturated rings. The van der Waals surface area contributed by atoms with Gasteiger partial charge in [0.15, 0.2) is 5.82 Å². The average Bonchev–Trinajstić information content (AvgIpc) is 2.95. The highest BCUT2D eigenvalue weighted by molar-refractivity contribution is 7.18. The number of nitrogens with two attached hydrogens (primary N) is 1. The molecule has 0 bridgehead atoms. The van der Waals surface area contributed by atoms with Crippen molar-refractivity contribution >= 4 is 27.4 Å². The summed E-state index contributed by atoms with van der Waals surface area (Å²) < 4.78 is 0. The van der Waals surface area contributed by atoms with Crippen LogP contribution in [0.25, 0.3) is 10.2 Å². The summed E-state index contributed by atoms with van der Waals surface area (Å²) in [4.78, 5) is 11.6. The van der Waals surface area contributed by atoms with E-state index < -0.39 is 0 Å². The second-order valence-corrected chi connectivity index (χ2v) is 6.00. The van der Waals surface area contributed by atoms with Gasteiger partial charge in [0.25, 0.3) is 0 Å². The first kappa shape index (κ1) is 10.9. The molecule has 0 amide bonds. The van der Waals surface area contributed by atoms with Crippen LogP contribution in [0.3, 0.4) is 0 Å². The number of hydrogen-bond acceptors (Lipinski definition) is 5. The lowest BCUT2D eigenvalue weighted by Gasteiger charge is -2.09. The van der Waals surface area contributed by atoms with Crippen LogP contribution in [-0.4, -0.2) is 9.97 Å². The third-order valence-corrected chi connectivity index (χ3v) is 4.64. The Kier molecular flexibility index (Phi) is 2.34. The molecule has 0 atom stereocenters. The molecule has 2 aromatic rings. The van der Waals surface area contributed by atoms with E-state index in [1.807, 2.05) is 0 Å². The summed E-state index contributed by atoms with van der Waals surface area (Å²) in [5, 5.41) is 1.04. The molecule has 1 saturated carbocycles. The van der Waals surface area contributed by atoms with E-state index in [2.05, 4.69) is 30.3 Å². The van der Waals surface area contributed by atoms with E-state index in [4.69, 9.17) is 10.8 Å². The Hall–Kier alpha value is -1.20. The predicted octanol–water partition coefficient (Wildman–Crippen LogP) is 2.59. The Bertz CT molecular complexity index is 571. The summed E-state index contributed by atoms with van der Waals surface area (Å²) >= 11 is 1.74. The molecule has 0 saturated heterocycles. The number of nitrogens with zero attached hydrogens (tertiary/aromatic N) is 2. The van der Waals surface area contributed by atoms with Crippen molar-refractivity contribution in [1.82, 2.24) is 9.97 Å². The molecular formula is C12H16N4S. The van der Waals surface area contributed by atoms with E-state index in [-0.39, 0.29) is 5.41 Å². The van der Waals surface area contributed by atoms with Crippen molar-refractivity contribution in [2.75, 3.05) is 5.43 Å². The highest BCUT2D eigenvalue weighted by Crippen LogP contribution is 2.47. The van der Waals surface area contributed by atoms with Gasteiger partial charge in [-0.15, -0.1) is 11.3 Å². The second kappa shape index (κ2) is 3.65. The van der Waals surface area contributed by atoms with Crippen LogP contribution in [0, 0.1) is 0 Å². The molecule has 0 spiro atoms. The Morgan fingerprint density at radius 2 is 2.24 bits per heavy atom. The van der Waals surface area contributed by atoms with Gasteiger partial charge in [-0.2, -0.15) is 0 Å². The van der Waals surface area contributed by atoms with E-state index in [1.54, 1.807) is 11.3 Å². The molecular weight excluding hydrogens is 232 g/mol. The van der Waals surface area contributed by atoms with E-state index in [0.29, 0.717) is 0 Å². The van der Waals surface area contributed by atoms with Gasteiger partial charge in [-0.1, -0.05) is 13.8 Å². The zero-order valence-corrected chi connectivity index (χ0v) is 10.9. The van der Waals surface area contributed by atoms with Crippen LogP contribution >= 0.6 is 11.3 Å². The predicted molar refractivity (Wildman–Crippen MR) is 71.2 cm³/mol. The molecule has 3 rings (SSSR count). The van der Waals surface area contributed by atoms with Gasteiger partial charge in [0, 0.05) is 10.3 Å². The molecule has 17 heavy (non-hydrogen) atoms. The molecule has 3 N–H and O–H groups in total. The SMILES string of the molecule is CCc1cc2c(NN)nc(C3(C)CC3)nc2s1. The smallest absolute Gasteiger partial charge is 0.152 e. The van der Waals surface area contributed by atoms with E-state index in [0.717, 1.165) is 28.3 Å². The monoisotopic (exact) mass is 248 g/mol. The summed E-state index contributed by atoms with van der Waals surface area (Å²) in [7, 11) is 0. The molecule has 1 aliphatic rings. The van der Waals surface area contributed by atoms with Gasteiger partial charge >= 0.3 is 0 Å². The number of hydrazine groups is 1. The summed E-state index contributed by atoms with van der Waals surface area (Å²) in [6, 6.07) is 2.13. The molecule has 90 valence electrons. The first-order valence-corrected chi connectivity index (χ1v) is 6.75. The lowest BCUT2D eigenvalue weighted by atomic mass is 10.1. The van der Waals surface area contributed by atoms with Crippen LogP contribution in [0.2, 0.25) is 0 Å². The standard InChI is InChI=1S/C12H16N4S/c1-3-7-6-8-9(16-13)14-11(12(2)4-5-12)15-10(8)17-7/h6H,3-5,13H2,1-2H3,(H,14,15,16). The van der Waals surface area contributed by atoms with Gasteiger partial charge < -0.3 is 5.43 Å². The maximum Gasteiger partial charge on any atom is 0.152 e. The molecule has 0 aromatic carbocycles. The number of rotatable bonds is 3. The van der Waals surface area contributed by atoms with Crippen LogP contribution in [0.15, 0.2) is 6.07 Å². The topological polar surface area (TPSA) is 63.8 Å². The summed E-state index contributed by atoms with van der Waals surface area (Å²) in [5.41, 5.74) is 2.88. The third kappa shape index (κ3) is 1.70. The molecule has 4 nitrogen and oxygen atoms in total. The van der Waals surface area contributed by atoms with Crippen LogP contribution < -0.4 is 11.3 Å². The van der Waals surface area contributed by atoms with Crippen LogP contribution in [-0.2, 0) is 11.8 Å². The number of nitrogens with one attached hydrogen (secondary N) is 1. The van der Waals surface area contributed by atoms with Gasteiger partial charge in [0.05, 0.1) is 5.39 Å². The van der Waals surface area contributed by atoms with Crippen molar-refractivity contribution in [3.63, 3.8) is 0 Å². The number of aromatic nitrogens is 2. The van der Waals surface area contributed by atoms with Crippen molar-refractivity contribution in [2.45, 2.75) is 38.5 Å². The molecule has 1 aliphatic carbocycles. The second-order valence-electron chi connectivity index (χ2n) is 4.89. The Balaban J connectivity index is 2.21. The lowest BCUT2D eigenvalue weighted by molar-refractivity contribution is 0.717. The van der Waals surface area contributed by atoms with E-state index in [1.165, 1.54) is 17.7 Å². The fraction of sp³-hybridized carbons (Fsp3) is 0.500. The molecule has 0 aliphatic heterocycles. The van der Waals surface area contributed by atoms with E-state index in [9.17, 15) is 0 Å². The molecule has 0 radical (unpaired) electrons. The largest absolute Gasteiger partial charge is 0.308 e. The van der Waals surface area contributed by atoms with Crippen molar-refractivity contribution in [3.05, 3.63) is 16.8 Å². The lowest BCUT2D eigenvalue weighted by Crippen LogP contribution is -2.13. The van der Waals surface area contributed by atoms with E-state index >= 15 is 0 Å². The van der Waals surface area contributed by atoms with Crippen LogP contribution in [0.1, 0.15) is 37.4 Å². The molecule has 2 heterocycles. The number of fused-ring (bicyclic) bond motifs is 1. The first-order chi connectivity index (χ1) is 8.16. The molecule has 5 heteroatoms. The number of aryl methyl sites for hydroxylation is 1. The van der Waals surface area contributed by atoms with Gasteiger partial charge in [0.2, 0.25) is 0 Å². The Morgan fingerprint density at radius 1 is 1.47 bits per heavy atom. The Labute approximate surface area is 104 Å². The summed E-state index contributed by atoms with van der Waals surface area (Å²) in [6.45, 7) is 4.36. The van der Waals surface area contributed by atoms with Gasteiger partial charge in [-0.3, -0.25) is 0 Å². The number of nitrogen functional groups attached to an aromatic ring is 1. The minimum absolute atomic E-state index is 0.177. The van der Waals surface area contributed by atoms with Crippen LogP contribution in [0.4, 0.5) is 5.82 Å². The number of anilines is 1. The molecule has 0 unspecified atom stereocenters. The number of hydrogen-bond donors (Lipinski definition) is 2.